The van der Waals surface area contributed by atoms with Crippen LogP contribution in [0.3, 0.4) is 0 Å². The van der Waals surface area contributed by atoms with Crippen LogP contribution in [-0.4, -0.2) is 35.5 Å². The van der Waals surface area contributed by atoms with E-state index in [1.54, 1.807) is 17.8 Å². The lowest BCUT2D eigenvalue weighted by atomic mass is 10.1. The van der Waals surface area contributed by atoms with Gasteiger partial charge in [-0.3, -0.25) is 4.79 Å². The van der Waals surface area contributed by atoms with E-state index in [0.29, 0.717) is 12.1 Å². The molecule has 0 spiro atoms. The molecule has 0 aliphatic heterocycles. The van der Waals surface area contributed by atoms with Gasteiger partial charge in [0.25, 0.3) is 5.91 Å². The van der Waals surface area contributed by atoms with E-state index in [1.807, 2.05) is 13.1 Å². The minimum Gasteiger partial charge on any atom is -0.373 e. The minimum absolute atomic E-state index is 0.0371. The molecule has 0 radical (unpaired) electrons. The molecular formula is C15H25N3OS. The fourth-order valence-electron chi connectivity index (χ4n) is 1.57. The fourth-order valence-corrected chi connectivity index (χ4v) is 1.79. The summed E-state index contributed by atoms with van der Waals surface area (Å²) in [6.07, 6.45) is 2.05. The van der Waals surface area contributed by atoms with Crippen molar-refractivity contribution < 1.29 is 4.79 Å². The number of hydrogen-bond donors (Lipinski definition) is 2. The Hall–Kier alpha value is -1.23. The lowest BCUT2D eigenvalue weighted by Gasteiger charge is -2.22. The normalized spacial score (nSPS) is 11.6. The first kappa shape index (κ1) is 16.8. The molecule has 5 heteroatoms. The van der Waals surface area contributed by atoms with Crippen LogP contribution in [0.4, 0.5) is 5.82 Å². The molecule has 0 aliphatic rings. The molecular weight excluding hydrogens is 270 g/mol. The van der Waals surface area contributed by atoms with Crippen LogP contribution in [-0.2, 0) is 0 Å². The highest BCUT2D eigenvalue weighted by Gasteiger charge is 2.18. The monoisotopic (exact) mass is 295 g/mol. The second-order valence-electron chi connectivity index (χ2n) is 5.72. The molecule has 0 bridgehead atoms. The number of thioether (sulfide) groups is 1. The number of nitrogens with one attached hydrogen (secondary N) is 2. The predicted molar refractivity (Wildman–Crippen MR) is 87.8 cm³/mol. The maximum atomic E-state index is 12.3. The molecule has 1 amide bonds. The Labute approximate surface area is 126 Å². The molecule has 0 saturated carbocycles. The van der Waals surface area contributed by atoms with Gasteiger partial charge in [-0.15, -0.1) is 0 Å². The zero-order valence-electron chi connectivity index (χ0n) is 13.2. The van der Waals surface area contributed by atoms with Crippen LogP contribution >= 0.6 is 11.8 Å². The van der Waals surface area contributed by atoms with Crippen molar-refractivity contribution in [1.29, 1.82) is 0 Å². The Bertz CT molecular complexity index is 472. The summed E-state index contributed by atoms with van der Waals surface area (Å²) < 4.78 is 0.0371. The second-order valence-corrected chi connectivity index (χ2v) is 7.23. The molecule has 0 atom stereocenters. The molecule has 1 aromatic rings. The summed E-state index contributed by atoms with van der Waals surface area (Å²) in [6.45, 7) is 9.01. The summed E-state index contributed by atoms with van der Waals surface area (Å²) >= 11 is 1.74. The summed E-state index contributed by atoms with van der Waals surface area (Å²) in [5.74, 6) is 0.968. The third-order valence-corrected chi connectivity index (χ3v) is 4.43. The number of aromatic nitrogens is 1. The van der Waals surface area contributed by atoms with Gasteiger partial charge >= 0.3 is 0 Å². The van der Waals surface area contributed by atoms with Gasteiger partial charge in [0, 0.05) is 29.6 Å². The largest absolute Gasteiger partial charge is 0.373 e. The molecule has 1 aromatic heterocycles. The Morgan fingerprint density at radius 1 is 1.40 bits per heavy atom. The van der Waals surface area contributed by atoms with E-state index in [4.69, 9.17) is 0 Å². The molecule has 112 valence electrons. The van der Waals surface area contributed by atoms with Gasteiger partial charge in [-0.2, -0.15) is 11.8 Å². The highest BCUT2D eigenvalue weighted by molar-refractivity contribution is 7.99. The Balaban J connectivity index is 2.89. The first-order chi connectivity index (χ1) is 9.29. The summed E-state index contributed by atoms with van der Waals surface area (Å²) in [5, 5.41) is 6.00. The van der Waals surface area contributed by atoms with E-state index in [2.05, 4.69) is 49.6 Å². The Morgan fingerprint density at radius 3 is 2.55 bits per heavy atom. The van der Waals surface area contributed by atoms with Crippen molar-refractivity contribution in [2.75, 3.05) is 25.2 Å². The first-order valence-corrected chi connectivity index (χ1v) is 8.04. The van der Waals surface area contributed by atoms with Crippen molar-refractivity contribution >= 4 is 23.5 Å². The molecule has 4 nitrogen and oxygen atoms in total. The van der Waals surface area contributed by atoms with Crippen LogP contribution in [0.25, 0.3) is 0 Å². The Morgan fingerprint density at radius 2 is 2.05 bits per heavy atom. The molecule has 1 heterocycles. The highest BCUT2D eigenvalue weighted by Crippen LogP contribution is 2.20. The smallest absolute Gasteiger partial charge is 0.251 e. The van der Waals surface area contributed by atoms with Crippen molar-refractivity contribution in [2.45, 2.75) is 38.4 Å². The SMILES string of the molecule is CNc1cc(C(=O)NCC(C)(C)SC)cc(C(C)C)n1. The fraction of sp³-hybridized carbons (Fsp3) is 0.600. The number of nitrogens with zero attached hydrogens (tertiary/aromatic N) is 1. The lowest BCUT2D eigenvalue weighted by Crippen LogP contribution is -2.36. The molecule has 0 aliphatic carbocycles. The van der Waals surface area contributed by atoms with Gasteiger partial charge in [-0.25, -0.2) is 4.98 Å². The van der Waals surface area contributed by atoms with E-state index in [1.165, 1.54) is 0 Å². The Kier molecular flexibility index (Phi) is 5.87. The number of amides is 1. The predicted octanol–water partition coefficient (Wildman–Crippen LogP) is 3.12. The third kappa shape index (κ3) is 4.71. The van der Waals surface area contributed by atoms with E-state index in [-0.39, 0.29) is 16.6 Å². The van der Waals surface area contributed by atoms with Gasteiger partial charge in [-0.05, 0) is 38.2 Å². The maximum absolute atomic E-state index is 12.3. The third-order valence-electron chi connectivity index (χ3n) is 3.18. The number of carbonyl (C=O) groups is 1. The van der Waals surface area contributed by atoms with E-state index < -0.39 is 0 Å². The minimum atomic E-state index is -0.0482. The van der Waals surface area contributed by atoms with E-state index >= 15 is 0 Å². The van der Waals surface area contributed by atoms with Crippen molar-refractivity contribution in [3.63, 3.8) is 0 Å². The number of anilines is 1. The van der Waals surface area contributed by atoms with Crippen LogP contribution in [0.1, 0.15) is 49.7 Å². The number of carbonyl (C=O) groups excluding carboxylic acids is 1. The average molecular weight is 295 g/mol. The van der Waals surface area contributed by atoms with Crippen molar-refractivity contribution in [1.82, 2.24) is 10.3 Å². The van der Waals surface area contributed by atoms with Gasteiger partial charge in [-0.1, -0.05) is 13.8 Å². The van der Waals surface area contributed by atoms with Gasteiger partial charge < -0.3 is 10.6 Å². The molecule has 0 unspecified atom stereocenters. The van der Waals surface area contributed by atoms with Gasteiger partial charge in [0.2, 0.25) is 0 Å². The van der Waals surface area contributed by atoms with Gasteiger partial charge in [0.05, 0.1) is 0 Å². The topological polar surface area (TPSA) is 54.0 Å². The van der Waals surface area contributed by atoms with Crippen LogP contribution in [0.15, 0.2) is 12.1 Å². The number of pyridine rings is 1. The molecule has 20 heavy (non-hydrogen) atoms. The number of rotatable bonds is 6. The molecule has 1 rings (SSSR count). The van der Waals surface area contributed by atoms with Crippen LogP contribution < -0.4 is 10.6 Å². The zero-order chi connectivity index (χ0) is 15.3. The standard InChI is InChI=1S/C15H25N3OS/c1-10(2)12-7-11(8-13(16-5)18-12)14(19)17-9-15(3,4)20-6/h7-8,10H,9H2,1-6H3,(H,16,18)(H,17,19). The lowest BCUT2D eigenvalue weighted by molar-refractivity contribution is 0.0950. The van der Waals surface area contributed by atoms with Crippen molar-refractivity contribution in [3.05, 3.63) is 23.4 Å². The summed E-state index contributed by atoms with van der Waals surface area (Å²) in [4.78, 5) is 16.7. The molecule has 0 fully saturated rings. The molecule has 2 N–H and O–H groups in total. The second kappa shape index (κ2) is 6.97. The summed E-state index contributed by atoms with van der Waals surface area (Å²) in [5.41, 5.74) is 1.58. The van der Waals surface area contributed by atoms with Crippen molar-refractivity contribution in [3.8, 4) is 0 Å². The van der Waals surface area contributed by atoms with Crippen LogP contribution in [0, 0.1) is 0 Å². The van der Waals surface area contributed by atoms with E-state index in [9.17, 15) is 4.79 Å². The van der Waals surface area contributed by atoms with Crippen LogP contribution in [0.2, 0.25) is 0 Å². The quantitative estimate of drug-likeness (QED) is 0.846. The van der Waals surface area contributed by atoms with Crippen LogP contribution in [0.5, 0.6) is 0 Å². The van der Waals surface area contributed by atoms with Crippen molar-refractivity contribution in [2.24, 2.45) is 0 Å². The van der Waals surface area contributed by atoms with E-state index in [0.717, 1.165) is 11.5 Å². The molecule has 0 saturated heterocycles. The average Bonchev–Trinajstić information content (AvgIpc) is 2.44. The zero-order valence-corrected chi connectivity index (χ0v) is 14.0. The highest BCUT2D eigenvalue weighted by atomic mass is 32.2. The van der Waals surface area contributed by atoms with Gasteiger partial charge in [0.15, 0.2) is 0 Å². The van der Waals surface area contributed by atoms with Gasteiger partial charge in [0.1, 0.15) is 5.82 Å². The maximum Gasteiger partial charge on any atom is 0.251 e. The summed E-state index contributed by atoms with van der Waals surface area (Å²) in [7, 11) is 1.81. The first-order valence-electron chi connectivity index (χ1n) is 6.82. The molecule has 0 aromatic carbocycles. The summed E-state index contributed by atoms with van der Waals surface area (Å²) in [6, 6.07) is 3.65. The number of hydrogen-bond acceptors (Lipinski definition) is 4.